The van der Waals surface area contributed by atoms with Crippen molar-refractivity contribution >= 4 is 17.3 Å². The number of aliphatic carboxylic acids is 1. The van der Waals surface area contributed by atoms with Crippen LogP contribution in [0.2, 0.25) is 0 Å². The van der Waals surface area contributed by atoms with Crippen LogP contribution in [0.1, 0.15) is 22.6 Å². The van der Waals surface area contributed by atoms with Gasteiger partial charge in [-0.15, -0.1) is 11.3 Å². The van der Waals surface area contributed by atoms with Crippen LogP contribution in [-0.2, 0) is 14.9 Å². The number of hydrogen-bond donors (Lipinski definition) is 1. The maximum atomic E-state index is 11.4. The SMILES string of the molecule is N#Cc1ccc(C2(C(=O)O)CCOCC2)s1. The smallest absolute Gasteiger partial charge is 0.315 e. The molecule has 0 saturated carbocycles. The van der Waals surface area contributed by atoms with Gasteiger partial charge < -0.3 is 9.84 Å². The van der Waals surface area contributed by atoms with E-state index < -0.39 is 11.4 Å². The average molecular weight is 237 g/mol. The summed E-state index contributed by atoms with van der Waals surface area (Å²) in [5.41, 5.74) is -0.849. The van der Waals surface area contributed by atoms with Gasteiger partial charge >= 0.3 is 5.97 Å². The number of rotatable bonds is 2. The lowest BCUT2D eigenvalue weighted by molar-refractivity contribution is -0.147. The summed E-state index contributed by atoms with van der Waals surface area (Å²) in [5, 5.41) is 18.2. The topological polar surface area (TPSA) is 70.3 Å². The van der Waals surface area contributed by atoms with Gasteiger partial charge in [0, 0.05) is 18.1 Å². The molecule has 84 valence electrons. The van der Waals surface area contributed by atoms with Crippen LogP contribution < -0.4 is 0 Å². The van der Waals surface area contributed by atoms with Crippen molar-refractivity contribution in [2.75, 3.05) is 13.2 Å². The van der Waals surface area contributed by atoms with Crippen molar-refractivity contribution in [1.82, 2.24) is 0 Å². The van der Waals surface area contributed by atoms with Crippen LogP contribution in [0.25, 0.3) is 0 Å². The van der Waals surface area contributed by atoms with E-state index in [9.17, 15) is 9.90 Å². The largest absolute Gasteiger partial charge is 0.481 e. The Balaban J connectivity index is 2.39. The first-order chi connectivity index (χ1) is 7.69. The maximum Gasteiger partial charge on any atom is 0.315 e. The molecule has 0 aliphatic carbocycles. The van der Waals surface area contributed by atoms with Crippen molar-refractivity contribution in [3.05, 3.63) is 21.9 Å². The average Bonchev–Trinajstić information content (AvgIpc) is 2.78. The first-order valence-corrected chi connectivity index (χ1v) is 5.82. The van der Waals surface area contributed by atoms with Gasteiger partial charge in [-0.3, -0.25) is 4.79 Å². The molecule has 1 aromatic rings. The fraction of sp³-hybridized carbons (Fsp3) is 0.455. The summed E-state index contributed by atoms with van der Waals surface area (Å²) in [5.74, 6) is -0.817. The monoisotopic (exact) mass is 237 g/mol. The number of nitrogens with zero attached hydrogens (tertiary/aromatic N) is 1. The van der Waals surface area contributed by atoms with Crippen LogP contribution in [-0.4, -0.2) is 24.3 Å². The Morgan fingerprint density at radius 3 is 2.69 bits per heavy atom. The van der Waals surface area contributed by atoms with Gasteiger partial charge in [0.2, 0.25) is 0 Å². The van der Waals surface area contributed by atoms with Crippen molar-refractivity contribution in [2.45, 2.75) is 18.3 Å². The van der Waals surface area contributed by atoms with Gasteiger partial charge in [0.1, 0.15) is 16.4 Å². The fourth-order valence-electron chi connectivity index (χ4n) is 1.94. The molecule has 1 aromatic heterocycles. The normalized spacial score (nSPS) is 18.9. The van der Waals surface area contributed by atoms with Crippen molar-refractivity contribution < 1.29 is 14.6 Å². The molecule has 1 aliphatic heterocycles. The molecule has 0 unspecified atom stereocenters. The number of nitriles is 1. The second-order valence-corrected chi connectivity index (χ2v) is 4.86. The third-order valence-corrected chi connectivity index (χ3v) is 4.14. The Bertz CT molecular complexity index is 440. The zero-order chi connectivity index (χ0) is 11.6. The van der Waals surface area contributed by atoms with Gasteiger partial charge in [0.05, 0.1) is 0 Å². The predicted octanol–water partition coefficient (Wildman–Crippen LogP) is 1.75. The number of thiophene rings is 1. The van der Waals surface area contributed by atoms with Crippen LogP contribution in [0.15, 0.2) is 12.1 Å². The minimum absolute atomic E-state index is 0.464. The molecule has 0 amide bonds. The molecule has 5 heteroatoms. The standard InChI is InChI=1S/C11H11NO3S/c12-7-8-1-2-9(16-8)11(10(13)14)3-5-15-6-4-11/h1-2H,3-6H2,(H,13,14). The van der Waals surface area contributed by atoms with E-state index in [0.717, 1.165) is 4.88 Å². The van der Waals surface area contributed by atoms with Gasteiger partial charge in [-0.2, -0.15) is 5.26 Å². The number of carboxylic acid groups (broad SMARTS) is 1. The molecule has 1 saturated heterocycles. The number of carbonyl (C=O) groups is 1. The summed E-state index contributed by atoms with van der Waals surface area (Å²) in [6.45, 7) is 0.929. The van der Waals surface area contributed by atoms with E-state index in [4.69, 9.17) is 10.00 Å². The lowest BCUT2D eigenvalue weighted by Crippen LogP contribution is -2.40. The quantitative estimate of drug-likeness (QED) is 0.850. The third-order valence-electron chi connectivity index (χ3n) is 2.94. The van der Waals surface area contributed by atoms with Crippen LogP contribution in [0, 0.1) is 11.3 Å². The molecule has 0 aromatic carbocycles. The van der Waals surface area contributed by atoms with Crippen molar-refractivity contribution in [1.29, 1.82) is 5.26 Å². The lowest BCUT2D eigenvalue weighted by Gasteiger charge is -2.32. The molecule has 0 radical (unpaired) electrons. The molecule has 2 heterocycles. The third kappa shape index (κ3) is 1.70. The molecule has 2 rings (SSSR count). The minimum Gasteiger partial charge on any atom is -0.481 e. The van der Waals surface area contributed by atoms with Crippen LogP contribution in [0.3, 0.4) is 0 Å². The van der Waals surface area contributed by atoms with Crippen molar-refractivity contribution in [2.24, 2.45) is 0 Å². The number of ether oxygens (including phenoxy) is 1. The second kappa shape index (κ2) is 4.24. The molecule has 4 nitrogen and oxygen atoms in total. The van der Waals surface area contributed by atoms with Gasteiger partial charge in [0.25, 0.3) is 0 Å². The molecule has 1 aliphatic rings. The highest BCUT2D eigenvalue weighted by Crippen LogP contribution is 2.38. The van der Waals surface area contributed by atoms with E-state index in [2.05, 4.69) is 0 Å². The Kier molecular flexibility index (Phi) is 2.95. The van der Waals surface area contributed by atoms with Gasteiger partial charge in [-0.05, 0) is 25.0 Å². The molecule has 0 spiro atoms. The molecule has 1 fully saturated rings. The van der Waals surface area contributed by atoms with E-state index in [1.807, 2.05) is 6.07 Å². The zero-order valence-corrected chi connectivity index (χ0v) is 9.42. The summed E-state index contributed by atoms with van der Waals surface area (Å²) < 4.78 is 5.21. The Labute approximate surface area is 97.1 Å². The molecule has 0 bridgehead atoms. The van der Waals surface area contributed by atoms with Gasteiger partial charge in [-0.1, -0.05) is 0 Å². The summed E-state index contributed by atoms with van der Waals surface area (Å²) in [6, 6.07) is 5.47. The summed E-state index contributed by atoms with van der Waals surface area (Å²) in [7, 11) is 0. The first-order valence-electron chi connectivity index (χ1n) is 5.00. The maximum absolute atomic E-state index is 11.4. The van der Waals surface area contributed by atoms with E-state index >= 15 is 0 Å². The minimum atomic E-state index is -0.849. The predicted molar refractivity (Wildman–Crippen MR) is 58.4 cm³/mol. The van der Waals surface area contributed by atoms with Crippen LogP contribution >= 0.6 is 11.3 Å². The molecular formula is C11H11NO3S. The van der Waals surface area contributed by atoms with Gasteiger partial charge in [-0.25, -0.2) is 0 Å². The van der Waals surface area contributed by atoms with E-state index in [1.165, 1.54) is 11.3 Å². The van der Waals surface area contributed by atoms with E-state index in [0.29, 0.717) is 30.9 Å². The lowest BCUT2D eigenvalue weighted by atomic mass is 9.79. The Hall–Kier alpha value is -1.38. The summed E-state index contributed by atoms with van der Waals surface area (Å²) >= 11 is 1.27. The molecule has 16 heavy (non-hydrogen) atoms. The first kappa shape index (κ1) is 11.1. The summed E-state index contributed by atoms with van der Waals surface area (Å²) in [4.78, 5) is 12.8. The van der Waals surface area contributed by atoms with Crippen LogP contribution in [0.4, 0.5) is 0 Å². The number of hydrogen-bond acceptors (Lipinski definition) is 4. The summed E-state index contributed by atoms with van der Waals surface area (Å²) in [6.07, 6.45) is 0.960. The second-order valence-electron chi connectivity index (χ2n) is 3.78. The molecular weight excluding hydrogens is 226 g/mol. The zero-order valence-electron chi connectivity index (χ0n) is 8.60. The highest BCUT2D eigenvalue weighted by atomic mass is 32.1. The highest BCUT2D eigenvalue weighted by Gasteiger charge is 2.43. The Morgan fingerprint density at radius 1 is 1.50 bits per heavy atom. The highest BCUT2D eigenvalue weighted by molar-refractivity contribution is 7.12. The van der Waals surface area contributed by atoms with E-state index in [-0.39, 0.29) is 0 Å². The van der Waals surface area contributed by atoms with Crippen LogP contribution in [0.5, 0.6) is 0 Å². The fourth-order valence-corrected chi connectivity index (χ4v) is 2.98. The number of carboxylic acids is 1. The van der Waals surface area contributed by atoms with Crippen molar-refractivity contribution in [3.63, 3.8) is 0 Å². The molecule has 1 N–H and O–H groups in total. The van der Waals surface area contributed by atoms with Crippen molar-refractivity contribution in [3.8, 4) is 6.07 Å². The van der Waals surface area contributed by atoms with Gasteiger partial charge in [0.15, 0.2) is 0 Å². The van der Waals surface area contributed by atoms with E-state index in [1.54, 1.807) is 12.1 Å². The molecule has 0 atom stereocenters. The Morgan fingerprint density at radius 2 is 2.19 bits per heavy atom.